The van der Waals surface area contributed by atoms with Crippen LogP contribution in [0.25, 0.3) is 0 Å². The van der Waals surface area contributed by atoms with Gasteiger partial charge in [-0.1, -0.05) is 20.8 Å². The molecule has 0 aliphatic heterocycles. The first kappa shape index (κ1) is 17.9. The summed E-state index contributed by atoms with van der Waals surface area (Å²) < 4.78 is 30.0. The predicted octanol–water partition coefficient (Wildman–Crippen LogP) is 1.88. The highest BCUT2D eigenvalue weighted by atomic mass is 32.2. The zero-order valence-electron chi connectivity index (χ0n) is 12.5. The van der Waals surface area contributed by atoms with Crippen molar-refractivity contribution in [2.45, 2.75) is 30.9 Å². The summed E-state index contributed by atoms with van der Waals surface area (Å²) in [5.74, 6) is 0. The van der Waals surface area contributed by atoms with Crippen molar-refractivity contribution in [2.24, 2.45) is 11.1 Å². The Labute approximate surface area is 128 Å². The number of amides is 1. The summed E-state index contributed by atoms with van der Waals surface area (Å²) in [6.45, 7) is 4.67. The van der Waals surface area contributed by atoms with Crippen molar-refractivity contribution in [1.29, 1.82) is 0 Å². The Morgan fingerprint density at radius 3 is 2.18 bits per heavy atom. The van der Waals surface area contributed by atoms with Crippen molar-refractivity contribution in [2.75, 3.05) is 6.61 Å². The number of sulfone groups is 1. The van der Waals surface area contributed by atoms with Gasteiger partial charge in [-0.2, -0.15) is 0 Å². The fraction of sp³-hybridized carbons (Fsp3) is 0.462. The zero-order valence-corrected chi connectivity index (χ0v) is 13.3. The molecule has 0 bridgehead atoms. The number of hydrogen-bond acceptors (Lipinski definition) is 6. The Morgan fingerprint density at radius 2 is 1.82 bits per heavy atom. The van der Waals surface area contributed by atoms with Crippen LogP contribution in [0, 0.1) is 15.5 Å². The van der Waals surface area contributed by atoms with E-state index in [0.29, 0.717) is 0 Å². The van der Waals surface area contributed by atoms with Crippen LogP contribution in [0.4, 0.5) is 10.5 Å². The van der Waals surface area contributed by atoms with Crippen molar-refractivity contribution in [1.82, 2.24) is 0 Å². The Morgan fingerprint density at radius 1 is 1.32 bits per heavy atom. The number of nitrogens with zero attached hydrogens (tertiary/aromatic N) is 1. The van der Waals surface area contributed by atoms with E-state index in [9.17, 15) is 23.3 Å². The number of benzene rings is 1. The lowest BCUT2D eigenvalue weighted by Gasteiger charge is -2.29. The van der Waals surface area contributed by atoms with Gasteiger partial charge in [0.25, 0.3) is 5.69 Å². The number of hydrogen-bond donors (Lipinski definition) is 1. The summed E-state index contributed by atoms with van der Waals surface area (Å²) in [5, 5.41) is 9.58. The van der Waals surface area contributed by atoms with Gasteiger partial charge in [0.1, 0.15) is 11.9 Å². The fourth-order valence-electron chi connectivity index (χ4n) is 1.88. The van der Waals surface area contributed by atoms with Crippen molar-refractivity contribution in [3.05, 3.63) is 34.4 Å². The number of nitro benzene ring substituents is 1. The van der Waals surface area contributed by atoms with E-state index in [1.807, 2.05) is 0 Å². The molecule has 1 unspecified atom stereocenters. The van der Waals surface area contributed by atoms with Crippen LogP contribution in [-0.4, -0.2) is 31.3 Å². The van der Waals surface area contributed by atoms with Gasteiger partial charge in [0, 0.05) is 12.1 Å². The van der Waals surface area contributed by atoms with E-state index < -0.39 is 38.1 Å². The topological polar surface area (TPSA) is 130 Å². The lowest BCUT2D eigenvalue weighted by atomic mass is 9.92. The van der Waals surface area contributed by atoms with Crippen molar-refractivity contribution < 1.29 is 22.9 Å². The molecule has 1 amide bonds. The van der Waals surface area contributed by atoms with E-state index in [1.165, 1.54) is 0 Å². The standard InChI is InChI=1S/C13H18N2O6S/c1-13(2,3)11(8-21-12(14)16)22(19,20)10-6-4-9(5-7-10)15(17)18/h4-7,11H,8H2,1-3H3,(H2,14,16). The Bertz CT molecular complexity index is 661. The number of nitrogens with two attached hydrogens (primary N) is 1. The Kier molecular flexibility index (Phi) is 5.13. The molecule has 0 heterocycles. The van der Waals surface area contributed by atoms with Gasteiger partial charge in [0.05, 0.1) is 9.82 Å². The van der Waals surface area contributed by atoms with E-state index in [1.54, 1.807) is 20.8 Å². The molecule has 0 saturated heterocycles. The van der Waals surface area contributed by atoms with Crippen LogP contribution in [0.1, 0.15) is 20.8 Å². The van der Waals surface area contributed by atoms with Crippen molar-refractivity contribution in [3.8, 4) is 0 Å². The number of nitro groups is 1. The third kappa shape index (κ3) is 4.17. The third-order valence-corrected chi connectivity index (χ3v) is 5.62. The maximum absolute atomic E-state index is 12.7. The third-order valence-electron chi connectivity index (χ3n) is 3.09. The molecule has 9 heteroatoms. The molecule has 1 atom stereocenters. The highest BCUT2D eigenvalue weighted by Crippen LogP contribution is 2.31. The maximum Gasteiger partial charge on any atom is 0.404 e. The predicted molar refractivity (Wildman–Crippen MR) is 79.1 cm³/mol. The minimum Gasteiger partial charge on any atom is -0.448 e. The number of rotatable bonds is 5. The van der Waals surface area contributed by atoms with Gasteiger partial charge in [-0.3, -0.25) is 10.1 Å². The molecule has 1 rings (SSSR count). The van der Waals surface area contributed by atoms with E-state index >= 15 is 0 Å². The molecular formula is C13H18N2O6S. The Hall–Kier alpha value is -2.16. The summed E-state index contributed by atoms with van der Waals surface area (Å²) >= 11 is 0. The first-order valence-electron chi connectivity index (χ1n) is 6.37. The fourth-order valence-corrected chi connectivity index (χ4v) is 3.91. The molecule has 0 aliphatic rings. The number of non-ortho nitro benzene ring substituents is 1. The van der Waals surface area contributed by atoms with E-state index in [4.69, 9.17) is 5.73 Å². The second-order valence-corrected chi connectivity index (χ2v) is 7.91. The second kappa shape index (κ2) is 6.30. The summed E-state index contributed by atoms with van der Waals surface area (Å²) in [4.78, 5) is 20.7. The zero-order chi connectivity index (χ0) is 17.1. The lowest BCUT2D eigenvalue weighted by molar-refractivity contribution is -0.384. The van der Waals surface area contributed by atoms with Crippen LogP contribution >= 0.6 is 0 Å². The van der Waals surface area contributed by atoms with Crippen LogP contribution in [0.2, 0.25) is 0 Å². The molecule has 0 spiro atoms. The SMILES string of the molecule is CC(C)(C)C(COC(N)=O)S(=O)(=O)c1ccc([N+](=O)[O-])cc1. The summed E-state index contributed by atoms with van der Waals surface area (Å²) in [5.41, 5.74) is 3.95. The maximum atomic E-state index is 12.7. The average Bonchev–Trinajstić information content (AvgIpc) is 2.36. The van der Waals surface area contributed by atoms with Crippen LogP contribution in [0.5, 0.6) is 0 Å². The van der Waals surface area contributed by atoms with E-state index in [0.717, 1.165) is 24.3 Å². The molecule has 0 saturated carbocycles. The number of carbonyl (C=O) groups is 1. The minimum atomic E-state index is -3.85. The number of carbonyl (C=O) groups excluding carboxylic acids is 1. The van der Waals surface area contributed by atoms with Crippen LogP contribution < -0.4 is 5.73 Å². The highest BCUT2D eigenvalue weighted by Gasteiger charge is 2.38. The van der Waals surface area contributed by atoms with Crippen LogP contribution in [0.3, 0.4) is 0 Å². The molecule has 0 radical (unpaired) electrons. The van der Waals surface area contributed by atoms with Gasteiger partial charge < -0.3 is 10.5 Å². The van der Waals surface area contributed by atoms with Crippen molar-refractivity contribution >= 4 is 21.6 Å². The highest BCUT2D eigenvalue weighted by molar-refractivity contribution is 7.92. The molecule has 1 aromatic rings. The average molecular weight is 330 g/mol. The summed E-state index contributed by atoms with van der Waals surface area (Å²) in [6, 6.07) is 4.55. The van der Waals surface area contributed by atoms with Gasteiger partial charge in [0.15, 0.2) is 9.84 Å². The van der Waals surface area contributed by atoms with Gasteiger partial charge >= 0.3 is 6.09 Å². The normalized spacial score (nSPS) is 13.4. The first-order chi connectivity index (χ1) is 9.96. The van der Waals surface area contributed by atoms with Crippen LogP contribution in [-0.2, 0) is 14.6 Å². The van der Waals surface area contributed by atoms with Crippen LogP contribution in [0.15, 0.2) is 29.2 Å². The summed E-state index contributed by atoms with van der Waals surface area (Å²) in [7, 11) is -3.85. The largest absolute Gasteiger partial charge is 0.448 e. The van der Waals surface area contributed by atoms with Gasteiger partial charge in [-0.15, -0.1) is 0 Å². The smallest absolute Gasteiger partial charge is 0.404 e. The monoisotopic (exact) mass is 330 g/mol. The molecule has 22 heavy (non-hydrogen) atoms. The Balaban J connectivity index is 3.21. The second-order valence-electron chi connectivity index (χ2n) is 5.78. The molecule has 8 nitrogen and oxygen atoms in total. The van der Waals surface area contributed by atoms with Gasteiger partial charge in [0.2, 0.25) is 0 Å². The van der Waals surface area contributed by atoms with Crippen molar-refractivity contribution in [3.63, 3.8) is 0 Å². The molecule has 122 valence electrons. The van der Waals surface area contributed by atoms with E-state index in [-0.39, 0.29) is 10.6 Å². The molecular weight excluding hydrogens is 312 g/mol. The molecule has 0 aliphatic carbocycles. The molecule has 1 aromatic carbocycles. The lowest BCUT2D eigenvalue weighted by Crippen LogP contribution is -2.39. The minimum absolute atomic E-state index is 0.0777. The first-order valence-corrected chi connectivity index (χ1v) is 7.91. The number of primary amides is 1. The van der Waals surface area contributed by atoms with E-state index in [2.05, 4.69) is 4.74 Å². The van der Waals surface area contributed by atoms with Gasteiger partial charge in [-0.05, 0) is 17.5 Å². The van der Waals surface area contributed by atoms with Gasteiger partial charge in [-0.25, -0.2) is 13.2 Å². The number of ether oxygens (including phenoxy) is 1. The molecule has 2 N–H and O–H groups in total. The molecule has 0 aromatic heterocycles. The summed E-state index contributed by atoms with van der Waals surface area (Å²) in [6.07, 6.45) is -1.06. The molecule has 0 fully saturated rings. The quantitative estimate of drug-likeness (QED) is 0.648.